The summed E-state index contributed by atoms with van der Waals surface area (Å²) in [5.74, 6) is -1.09. The van der Waals surface area contributed by atoms with E-state index in [1.54, 1.807) is 0 Å². The SMILES string of the molecule is COC(=O)c1c(OC)cc(OC)c([N+](=O)[O-])c1OC. The third kappa shape index (κ3) is 2.51. The first-order valence-electron chi connectivity index (χ1n) is 5.07. The van der Waals surface area contributed by atoms with Crippen LogP contribution in [-0.4, -0.2) is 39.3 Å². The van der Waals surface area contributed by atoms with E-state index in [4.69, 9.17) is 14.2 Å². The summed E-state index contributed by atoms with van der Waals surface area (Å²) in [6.45, 7) is 0. The minimum absolute atomic E-state index is 0.0613. The van der Waals surface area contributed by atoms with Gasteiger partial charge >= 0.3 is 11.7 Å². The van der Waals surface area contributed by atoms with E-state index in [1.807, 2.05) is 0 Å². The first-order chi connectivity index (χ1) is 9.01. The number of rotatable bonds is 5. The first-order valence-corrected chi connectivity index (χ1v) is 5.07. The van der Waals surface area contributed by atoms with Crippen molar-refractivity contribution in [1.29, 1.82) is 0 Å². The zero-order valence-corrected chi connectivity index (χ0v) is 10.9. The molecule has 0 bridgehead atoms. The monoisotopic (exact) mass is 271 g/mol. The molecule has 8 heteroatoms. The van der Waals surface area contributed by atoms with Gasteiger partial charge in [-0.25, -0.2) is 4.79 Å². The summed E-state index contributed by atoms with van der Waals surface area (Å²) in [6, 6.07) is 1.23. The second-order valence-electron chi connectivity index (χ2n) is 3.29. The third-order valence-electron chi connectivity index (χ3n) is 2.40. The molecule has 1 aromatic rings. The van der Waals surface area contributed by atoms with Gasteiger partial charge in [0.15, 0.2) is 5.56 Å². The summed E-state index contributed by atoms with van der Waals surface area (Å²) in [4.78, 5) is 22.1. The van der Waals surface area contributed by atoms with Crippen LogP contribution in [0.3, 0.4) is 0 Å². The summed E-state index contributed by atoms with van der Waals surface area (Å²) >= 11 is 0. The van der Waals surface area contributed by atoms with Gasteiger partial charge in [0.05, 0.1) is 33.4 Å². The number of hydrogen-bond donors (Lipinski definition) is 0. The standard InChI is InChI=1S/C11H13NO7/c1-16-6-5-7(17-2)9(12(14)15)10(18-3)8(6)11(13)19-4/h5H,1-4H3. The lowest BCUT2D eigenvalue weighted by molar-refractivity contribution is -0.386. The molecule has 104 valence electrons. The summed E-state index contributed by atoms with van der Waals surface area (Å²) in [7, 11) is 4.93. The van der Waals surface area contributed by atoms with Gasteiger partial charge in [0.2, 0.25) is 11.5 Å². The van der Waals surface area contributed by atoms with Crippen LogP contribution in [0.5, 0.6) is 17.2 Å². The molecule has 0 unspecified atom stereocenters. The van der Waals surface area contributed by atoms with Gasteiger partial charge in [-0.3, -0.25) is 10.1 Å². The number of esters is 1. The van der Waals surface area contributed by atoms with Gasteiger partial charge in [-0.15, -0.1) is 0 Å². The fraction of sp³-hybridized carbons (Fsp3) is 0.364. The van der Waals surface area contributed by atoms with E-state index in [-0.39, 0.29) is 22.8 Å². The van der Waals surface area contributed by atoms with Crippen LogP contribution in [-0.2, 0) is 4.74 Å². The zero-order valence-electron chi connectivity index (χ0n) is 10.9. The molecule has 0 aliphatic carbocycles. The van der Waals surface area contributed by atoms with E-state index in [9.17, 15) is 14.9 Å². The molecule has 0 heterocycles. The molecule has 0 N–H and O–H groups in total. The van der Waals surface area contributed by atoms with Crippen LogP contribution in [0.25, 0.3) is 0 Å². The van der Waals surface area contributed by atoms with Crippen LogP contribution >= 0.6 is 0 Å². The number of carbonyl (C=O) groups is 1. The number of methoxy groups -OCH3 is 4. The molecule has 8 nitrogen and oxygen atoms in total. The third-order valence-corrected chi connectivity index (χ3v) is 2.40. The Morgan fingerprint density at radius 1 is 1.11 bits per heavy atom. The highest BCUT2D eigenvalue weighted by Crippen LogP contribution is 2.44. The van der Waals surface area contributed by atoms with E-state index in [0.717, 1.165) is 7.11 Å². The maximum absolute atomic E-state index is 11.7. The maximum atomic E-state index is 11.7. The van der Waals surface area contributed by atoms with Crippen molar-refractivity contribution in [3.8, 4) is 17.2 Å². The molecule has 0 saturated heterocycles. The van der Waals surface area contributed by atoms with Crippen LogP contribution in [0.15, 0.2) is 6.07 Å². The second kappa shape index (κ2) is 5.89. The molecule has 0 fully saturated rings. The Bertz CT molecular complexity index is 512. The van der Waals surface area contributed by atoms with Gasteiger partial charge < -0.3 is 18.9 Å². The number of ether oxygens (including phenoxy) is 4. The highest BCUT2D eigenvalue weighted by molar-refractivity contribution is 5.98. The molecule has 0 aliphatic heterocycles. The van der Waals surface area contributed by atoms with Crippen molar-refractivity contribution in [2.75, 3.05) is 28.4 Å². The largest absolute Gasteiger partial charge is 0.496 e. The van der Waals surface area contributed by atoms with Crippen molar-refractivity contribution in [1.82, 2.24) is 0 Å². The van der Waals surface area contributed by atoms with E-state index in [1.165, 1.54) is 27.4 Å². The van der Waals surface area contributed by atoms with Crippen LogP contribution in [0.1, 0.15) is 10.4 Å². The zero-order chi connectivity index (χ0) is 14.6. The molecule has 1 rings (SSSR count). The summed E-state index contributed by atoms with van der Waals surface area (Å²) in [5.41, 5.74) is -0.633. The Morgan fingerprint density at radius 3 is 2.05 bits per heavy atom. The number of hydrogen-bond acceptors (Lipinski definition) is 7. The van der Waals surface area contributed by atoms with Gasteiger partial charge in [-0.2, -0.15) is 0 Å². The molecule has 19 heavy (non-hydrogen) atoms. The Morgan fingerprint density at radius 2 is 1.68 bits per heavy atom. The van der Waals surface area contributed by atoms with E-state index < -0.39 is 16.6 Å². The predicted molar refractivity (Wildman–Crippen MR) is 64.1 cm³/mol. The number of benzene rings is 1. The van der Waals surface area contributed by atoms with Crippen LogP contribution in [0.4, 0.5) is 5.69 Å². The van der Waals surface area contributed by atoms with Crippen LogP contribution < -0.4 is 14.2 Å². The van der Waals surface area contributed by atoms with Gasteiger partial charge in [-0.1, -0.05) is 0 Å². The lowest BCUT2D eigenvalue weighted by atomic mass is 10.1. The van der Waals surface area contributed by atoms with E-state index in [0.29, 0.717) is 0 Å². The molecular formula is C11H13NO7. The second-order valence-corrected chi connectivity index (χ2v) is 3.29. The number of nitrogens with zero attached hydrogens (tertiary/aromatic N) is 1. The topological polar surface area (TPSA) is 97.1 Å². The summed E-state index contributed by atoms with van der Waals surface area (Å²) in [6.07, 6.45) is 0. The molecule has 0 aliphatic rings. The molecular weight excluding hydrogens is 258 g/mol. The number of carbonyl (C=O) groups excluding carboxylic acids is 1. The lowest BCUT2D eigenvalue weighted by Gasteiger charge is -2.13. The molecule has 0 spiro atoms. The molecule has 1 aromatic carbocycles. The maximum Gasteiger partial charge on any atom is 0.353 e. The predicted octanol–water partition coefficient (Wildman–Crippen LogP) is 1.41. The molecule has 0 atom stereocenters. The van der Waals surface area contributed by atoms with E-state index >= 15 is 0 Å². The fourth-order valence-corrected chi connectivity index (χ4v) is 1.59. The molecule has 0 saturated carbocycles. The van der Waals surface area contributed by atoms with Crippen molar-refractivity contribution in [3.05, 3.63) is 21.7 Å². The van der Waals surface area contributed by atoms with Gasteiger partial charge in [-0.05, 0) is 0 Å². The Balaban J connectivity index is 3.73. The Hall–Kier alpha value is -2.51. The highest BCUT2D eigenvalue weighted by Gasteiger charge is 2.32. The summed E-state index contributed by atoms with van der Waals surface area (Å²) < 4.78 is 19.4. The highest BCUT2D eigenvalue weighted by atomic mass is 16.6. The van der Waals surface area contributed by atoms with Gasteiger partial charge in [0.25, 0.3) is 0 Å². The van der Waals surface area contributed by atoms with Crippen molar-refractivity contribution in [2.24, 2.45) is 0 Å². The minimum atomic E-state index is -0.806. The summed E-state index contributed by atoms with van der Waals surface area (Å²) in [5, 5.41) is 11.1. The van der Waals surface area contributed by atoms with E-state index in [2.05, 4.69) is 4.74 Å². The molecule has 0 aromatic heterocycles. The van der Waals surface area contributed by atoms with Crippen molar-refractivity contribution >= 4 is 11.7 Å². The molecule has 0 radical (unpaired) electrons. The van der Waals surface area contributed by atoms with Gasteiger partial charge in [0, 0.05) is 6.07 Å². The van der Waals surface area contributed by atoms with Crippen molar-refractivity contribution in [2.45, 2.75) is 0 Å². The minimum Gasteiger partial charge on any atom is -0.496 e. The molecule has 0 amide bonds. The van der Waals surface area contributed by atoms with Gasteiger partial charge in [0.1, 0.15) is 5.75 Å². The normalized spacial score (nSPS) is 9.68. The number of nitro benzene ring substituents is 1. The quantitative estimate of drug-likeness (QED) is 0.453. The van der Waals surface area contributed by atoms with Crippen molar-refractivity contribution in [3.63, 3.8) is 0 Å². The van der Waals surface area contributed by atoms with Crippen LogP contribution in [0, 0.1) is 10.1 Å². The Kier molecular flexibility index (Phi) is 4.51. The average Bonchev–Trinajstić information content (AvgIpc) is 2.43. The lowest BCUT2D eigenvalue weighted by Crippen LogP contribution is -2.09. The fourth-order valence-electron chi connectivity index (χ4n) is 1.59. The number of nitro groups is 1. The average molecular weight is 271 g/mol. The smallest absolute Gasteiger partial charge is 0.353 e. The first kappa shape index (κ1) is 14.6. The van der Waals surface area contributed by atoms with Crippen molar-refractivity contribution < 1.29 is 28.7 Å². The van der Waals surface area contributed by atoms with Crippen LogP contribution in [0.2, 0.25) is 0 Å². The Labute approximate surface area is 109 Å².